The molecule has 1 heterocycles. The van der Waals surface area contributed by atoms with Crippen molar-refractivity contribution in [2.45, 2.75) is 0 Å². The fourth-order valence-electron chi connectivity index (χ4n) is 2.28. The van der Waals surface area contributed by atoms with E-state index in [1.807, 2.05) is 24.3 Å². The number of piperazine rings is 1. The Labute approximate surface area is 119 Å². The molecule has 0 saturated carbocycles. The van der Waals surface area contributed by atoms with Crippen LogP contribution < -0.4 is 9.64 Å². The SMILES string of the molecule is COc1cccc(N2CCN(S(=O)(=O)CCO)CC2)c1. The van der Waals surface area contributed by atoms with Crippen LogP contribution in [0.4, 0.5) is 5.69 Å². The van der Waals surface area contributed by atoms with Crippen LogP contribution in [0.3, 0.4) is 0 Å². The van der Waals surface area contributed by atoms with Gasteiger partial charge in [-0.25, -0.2) is 8.42 Å². The predicted molar refractivity (Wildman–Crippen MR) is 77.7 cm³/mol. The lowest BCUT2D eigenvalue weighted by molar-refractivity contribution is 0.312. The van der Waals surface area contributed by atoms with Crippen LogP contribution >= 0.6 is 0 Å². The van der Waals surface area contributed by atoms with Crippen molar-refractivity contribution in [3.63, 3.8) is 0 Å². The summed E-state index contributed by atoms with van der Waals surface area (Å²) in [6.45, 7) is 1.83. The van der Waals surface area contributed by atoms with Gasteiger partial charge in [-0.15, -0.1) is 0 Å². The number of methoxy groups -OCH3 is 1. The van der Waals surface area contributed by atoms with Crippen LogP contribution in [0.5, 0.6) is 5.75 Å². The zero-order valence-corrected chi connectivity index (χ0v) is 12.3. The van der Waals surface area contributed by atoms with Crippen molar-refractivity contribution in [3.05, 3.63) is 24.3 Å². The molecular formula is C13H20N2O4S. The van der Waals surface area contributed by atoms with Gasteiger partial charge in [0.05, 0.1) is 19.5 Å². The molecule has 2 rings (SSSR count). The first-order valence-electron chi connectivity index (χ1n) is 6.54. The molecule has 1 fully saturated rings. The van der Waals surface area contributed by atoms with E-state index in [-0.39, 0.29) is 12.4 Å². The maximum atomic E-state index is 11.9. The highest BCUT2D eigenvalue weighted by atomic mass is 32.2. The normalized spacial score (nSPS) is 17.2. The molecule has 0 amide bonds. The van der Waals surface area contributed by atoms with E-state index in [0.717, 1.165) is 11.4 Å². The van der Waals surface area contributed by atoms with Gasteiger partial charge in [-0.3, -0.25) is 0 Å². The maximum Gasteiger partial charge on any atom is 0.216 e. The highest BCUT2D eigenvalue weighted by Gasteiger charge is 2.26. The van der Waals surface area contributed by atoms with Gasteiger partial charge in [-0.2, -0.15) is 4.31 Å². The second-order valence-electron chi connectivity index (χ2n) is 4.63. The Morgan fingerprint density at radius 1 is 1.25 bits per heavy atom. The molecule has 1 saturated heterocycles. The average Bonchev–Trinajstić information content (AvgIpc) is 2.47. The third-order valence-electron chi connectivity index (χ3n) is 3.40. The standard InChI is InChI=1S/C13H20N2O4S/c1-19-13-4-2-3-12(11-13)14-5-7-15(8-6-14)20(17,18)10-9-16/h2-4,11,16H,5-10H2,1H3. The number of sulfonamides is 1. The molecular weight excluding hydrogens is 280 g/mol. The van der Waals surface area contributed by atoms with Gasteiger partial charge in [0, 0.05) is 37.9 Å². The minimum Gasteiger partial charge on any atom is -0.497 e. The number of nitrogens with zero attached hydrogens (tertiary/aromatic N) is 2. The quantitative estimate of drug-likeness (QED) is 0.837. The summed E-state index contributed by atoms with van der Waals surface area (Å²) in [5, 5.41) is 8.79. The molecule has 0 bridgehead atoms. The Balaban J connectivity index is 2.00. The van der Waals surface area contributed by atoms with E-state index >= 15 is 0 Å². The molecule has 1 N–H and O–H groups in total. The number of aliphatic hydroxyl groups excluding tert-OH is 1. The molecule has 20 heavy (non-hydrogen) atoms. The monoisotopic (exact) mass is 300 g/mol. The number of benzene rings is 1. The Kier molecular flexibility index (Phi) is 4.85. The zero-order chi connectivity index (χ0) is 14.6. The van der Waals surface area contributed by atoms with Gasteiger partial charge in [0.1, 0.15) is 5.75 Å². The minimum atomic E-state index is -3.32. The number of rotatable bonds is 5. The Bertz CT molecular complexity index is 539. The van der Waals surface area contributed by atoms with Gasteiger partial charge in [0.25, 0.3) is 0 Å². The third-order valence-corrected chi connectivity index (χ3v) is 5.25. The maximum absolute atomic E-state index is 11.9. The average molecular weight is 300 g/mol. The molecule has 7 heteroatoms. The Morgan fingerprint density at radius 2 is 1.95 bits per heavy atom. The molecule has 1 aromatic rings. The molecule has 0 spiro atoms. The van der Waals surface area contributed by atoms with Gasteiger partial charge < -0.3 is 14.7 Å². The molecule has 0 atom stereocenters. The van der Waals surface area contributed by atoms with E-state index in [4.69, 9.17) is 9.84 Å². The van der Waals surface area contributed by atoms with Gasteiger partial charge in [-0.05, 0) is 12.1 Å². The lowest BCUT2D eigenvalue weighted by atomic mass is 10.2. The van der Waals surface area contributed by atoms with Crippen molar-refractivity contribution >= 4 is 15.7 Å². The molecule has 0 aliphatic carbocycles. The lowest BCUT2D eigenvalue weighted by Gasteiger charge is -2.35. The van der Waals surface area contributed by atoms with Crippen molar-refractivity contribution in [2.75, 3.05) is 50.5 Å². The van der Waals surface area contributed by atoms with Crippen LogP contribution in [0.25, 0.3) is 0 Å². The second-order valence-corrected chi connectivity index (χ2v) is 6.72. The molecule has 0 aromatic heterocycles. The highest BCUT2D eigenvalue weighted by Crippen LogP contribution is 2.22. The number of anilines is 1. The van der Waals surface area contributed by atoms with E-state index in [1.54, 1.807) is 7.11 Å². The van der Waals surface area contributed by atoms with Gasteiger partial charge >= 0.3 is 0 Å². The van der Waals surface area contributed by atoms with Crippen LogP contribution in [-0.2, 0) is 10.0 Å². The fraction of sp³-hybridized carbons (Fsp3) is 0.538. The zero-order valence-electron chi connectivity index (χ0n) is 11.5. The summed E-state index contributed by atoms with van der Waals surface area (Å²) in [5.74, 6) is 0.587. The van der Waals surface area contributed by atoms with Crippen molar-refractivity contribution in [1.29, 1.82) is 0 Å². The molecule has 112 valence electrons. The summed E-state index contributed by atoms with van der Waals surface area (Å²) < 4.78 is 30.3. The summed E-state index contributed by atoms with van der Waals surface area (Å²) in [6, 6.07) is 7.73. The summed E-state index contributed by atoms with van der Waals surface area (Å²) in [7, 11) is -1.70. The van der Waals surface area contributed by atoms with Crippen molar-refractivity contribution < 1.29 is 18.3 Å². The number of ether oxygens (including phenoxy) is 1. The molecule has 0 radical (unpaired) electrons. The molecule has 6 nitrogen and oxygen atoms in total. The van der Waals surface area contributed by atoms with E-state index in [2.05, 4.69) is 4.90 Å². The van der Waals surface area contributed by atoms with Gasteiger partial charge in [0.15, 0.2) is 0 Å². The van der Waals surface area contributed by atoms with Crippen molar-refractivity contribution in [1.82, 2.24) is 4.31 Å². The van der Waals surface area contributed by atoms with Crippen molar-refractivity contribution in [3.8, 4) is 5.75 Å². The summed E-state index contributed by atoms with van der Waals surface area (Å²) in [5.41, 5.74) is 1.03. The Hall–Kier alpha value is -1.31. The smallest absolute Gasteiger partial charge is 0.216 e. The second kappa shape index (κ2) is 6.43. The van der Waals surface area contributed by atoms with Crippen molar-refractivity contribution in [2.24, 2.45) is 0 Å². The number of aliphatic hydroxyl groups is 1. The molecule has 1 aliphatic heterocycles. The number of hydrogen-bond donors (Lipinski definition) is 1. The van der Waals surface area contributed by atoms with E-state index < -0.39 is 10.0 Å². The number of hydrogen-bond acceptors (Lipinski definition) is 5. The minimum absolute atomic E-state index is 0.202. The largest absolute Gasteiger partial charge is 0.497 e. The molecule has 1 aliphatic rings. The van der Waals surface area contributed by atoms with Crippen LogP contribution in [-0.4, -0.2) is 63.5 Å². The Morgan fingerprint density at radius 3 is 2.55 bits per heavy atom. The van der Waals surface area contributed by atoms with E-state index in [0.29, 0.717) is 26.2 Å². The molecule has 0 unspecified atom stereocenters. The van der Waals surface area contributed by atoms with Gasteiger partial charge in [0.2, 0.25) is 10.0 Å². The summed E-state index contributed by atoms with van der Waals surface area (Å²) >= 11 is 0. The van der Waals surface area contributed by atoms with E-state index in [1.165, 1.54) is 4.31 Å². The highest BCUT2D eigenvalue weighted by molar-refractivity contribution is 7.89. The summed E-state index contributed by atoms with van der Waals surface area (Å²) in [6.07, 6.45) is 0. The first-order valence-corrected chi connectivity index (χ1v) is 8.15. The summed E-state index contributed by atoms with van der Waals surface area (Å²) in [4.78, 5) is 2.13. The lowest BCUT2D eigenvalue weighted by Crippen LogP contribution is -2.49. The van der Waals surface area contributed by atoms with E-state index in [9.17, 15) is 8.42 Å². The topological polar surface area (TPSA) is 70.1 Å². The van der Waals surface area contributed by atoms with Crippen LogP contribution in [0, 0.1) is 0 Å². The van der Waals surface area contributed by atoms with Gasteiger partial charge in [-0.1, -0.05) is 6.07 Å². The fourth-order valence-corrected chi connectivity index (χ4v) is 3.48. The first kappa shape index (κ1) is 15.1. The predicted octanol–water partition coefficient (Wildman–Crippen LogP) is 0.139. The van der Waals surface area contributed by atoms with Crippen LogP contribution in [0.15, 0.2) is 24.3 Å². The van der Waals surface area contributed by atoms with Crippen LogP contribution in [0.1, 0.15) is 0 Å². The van der Waals surface area contributed by atoms with Crippen LogP contribution in [0.2, 0.25) is 0 Å². The third kappa shape index (κ3) is 3.41. The molecule has 1 aromatic carbocycles. The first-order chi connectivity index (χ1) is 9.56.